The van der Waals surface area contributed by atoms with Gasteiger partial charge in [0.05, 0.1) is 19.3 Å². The molecule has 0 atom stereocenters. The average molecular weight is 343 g/mol. The van der Waals surface area contributed by atoms with Crippen LogP contribution in [0.25, 0.3) is 0 Å². The molecule has 0 heterocycles. The molecule has 0 bridgehead atoms. The first kappa shape index (κ1) is 19.6. The number of rotatable bonds is 6. The van der Waals surface area contributed by atoms with E-state index < -0.39 is 5.54 Å². The SMILES string of the molecule is CCOc1ccc(CNC(=O)C2(N)CCCCC2)cc1OC.Cl. The quantitative estimate of drug-likeness (QED) is 0.833. The lowest BCUT2D eigenvalue weighted by atomic mass is 9.82. The van der Waals surface area contributed by atoms with Crippen LogP contribution < -0.4 is 20.5 Å². The van der Waals surface area contributed by atoms with Crippen molar-refractivity contribution in [1.82, 2.24) is 5.32 Å². The van der Waals surface area contributed by atoms with Crippen molar-refractivity contribution in [2.24, 2.45) is 5.73 Å². The highest BCUT2D eigenvalue weighted by Gasteiger charge is 2.34. The van der Waals surface area contributed by atoms with Gasteiger partial charge in [-0.2, -0.15) is 0 Å². The molecule has 0 aromatic heterocycles. The van der Waals surface area contributed by atoms with E-state index >= 15 is 0 Å². The van der Waals surface area contributed by atoms with Gasteiger partial charge in [-0.25, -0.2) is 0 Å². The summed E-state index contributed by atoms with van der Waals surface area (Å²) in [6, 6.07) is 5.68. The summed E-state index contributed by atoms with van der Waals surface area (Å²) in [6.07, 6.45) is 4.76. The number of carbonyl (C=O) groups is 1. The summed E-state index contributed by atoms with van der Waals surface area (Å²) in [4.78, 5) is 12.3. The molecule has 23 heavy (non-hydrogen) atoms. The predicted molar refractivity (Wildman–Crippen MR) is 93.3 cm³/mol. The minimum absolute atomic E-state index is 0. The highest BCUT2D eigenvalue weighted by molar-refractivity contribution is 5.86. The number of nitrogens with two attached hydrogens (primary N) is 1. The zero-order valence-electron chi connectivity index (χ0n) is 13.9. The van der Waals surface area contributed by atoms with Crippen LogP contribution in [-0.4, -0.2) is 25.2 Å². The minimum atomic E-state index is -0.701. The van der Waals surface area contributed by atoms with Crippen molar-refractivity contribution in [3.8, 4) is 11.5 Å². The molecule has 1 aromatic rings. The third-order valence-electron chi connectivity index (χ3n) is 4.18. The third-order valence-corrected chi connectivity index (χ3v) is 4.18. The molecule has 1 aliphatic rings. The van der Waals surface area contributed by atoms with Gasteiger partial charge in [0.15, 0.2) is 11.5 Å². The van der Waals surface area contributed by atoms with Gasteiger partial charge in [-0.1, -0.05) is 25.3 Å². The second-order valence-electron chi connectivity index (χ2n) is 5.82. The van der Waals surface area contributed by atoms with Gasteiger partial charge in [-0.05, 0) is 37.5 Å². The average Bonchev–Trinajstić information content (AvgIpc) is 2.54. The Morgan fingerprint density at radius 2 is 1.96 bits per heavy atom. The summed E-state index contributed by atoms with van der Waals surface area (Å²) in [5.74, 6) is 1.33. The van der Waals surface area contributed by atoms with E-state index in [-0.39, 0.29) is 18.3 Å². The first-order valence-corrected chi connectivity index (χ1v) is 7.96. The molecule has 0 radical (unpaired) electrons. The summed E-state index contributed by atoms with van der Waals surface area (Å²) >= 11 is 0. The molecule has 2 rings (SSSR count). The van der Waals surface area contributed by atoms with Crippen molar-refractivity contribution in [2.45, 2.75) is 51.1 Å². The van der Waals surface area contributed by atoms with Gasteiger partial charge in [0.2, 0.25) is 5.91 Å². The molecule has 1 aliphatic carbocycles. The molecule has 6 heteroatoms. The molecule has 1 fully saturated rings. The standard InChI is InChI=1S/C17H26N2O3.ClH/c1-3-22-14-8-7-13(11-15(14)21-2)12-19-16(20)17(18)9-5-4-6-10-17;/h7-8,11H,3-6,9-10,12,18H2,1-2H3,(H,19,20);1H. The number of hydrogen-bond donors (Lipinski definition) is 2. The second-order valence-corrected chi connectivity index (χ2v) is 5.82. The molecule has 0 spiro atoms. The Morgan fingerprint density at radius 3 is 2.57 bits per heavy atom. The summed E-state index contributed by atoms with van der Waals surface area (Å²) in [6.45, 7) is 2.96. The van der Waals surface area contributed by atoms with E-state index in [2.05, 4.69) is 5.32 Å². The zero-order chi connectivity index (χ0) is 16.0. The van der Waals surface area contributed by atoms with Crippen LogP contribution in [0.1, 0.15) is 44.6 Å². The molecular formula is C17H27ClN2O3. The molecule has 3 N–H and O–H groups in total. The van der Waals surface area contributed by atoms with Gasteiger partial charge >= 0.3 is 0 Å². The van der Waals surface area contributed by atoms with Crippen molar-refractivity contribution in [3.63, 3.8) is 0 Å². The van der Waals surface area contributed by atoms with Crippen molar-refractivity contribution in [2.75, 3.05) is 13.7 Å². The number of methoxy groups -OCH3 is 1. The van der Waals surface area contributed by atoms with E-state index in [0.29, 0.717) is 24.7 Å². The van der Waals surface area contributed by atoms with Gasteiger partial charge in [-0.3, -0.25) is 4.79 Å². The molecule has 0 unspecified atom stereocenters. The summed E-state index contributed by atoms with van der Waals surface area (Å²) in [5, 5.41) is 2.95. The van der Waals surface area contributed by atoms with E-state index in [1.807, 2.05) is 25.1 Å². The molecule has 1 saturated carbocycles. The monoisotopic (exact) mass is 342 g/mol. The van der Waals surface area contributed by atoms with Gasteiger partial charge in [0.25, 0.3) is 0 Å². The van der Waals surface area contributed by atoms with Crippen LogP contribution in [0.3, 0.4) is 0 Å². The number of hydrogen-bond acceptors (Lipinski definition) is 4. The van der Waals surface area contributed by atoms with Gasteiger partial charge in [0.1, 0.15) is 0 Å². The molecular weight excluding hydrogens is 316 g/mol. The lowest BCUT2D eigenvalue weighted by Crippen LogP contribution is -2.54. The van der Waals surface area contributed by atoms with E-state index in [0.717, 1.165) is 31.2 Å². The van der Waals surface area contributed by atoms with Crippen LogP contribution in [0.2, 0.25) is 0 Å². The fraction of sp³-hybridized carbons (Fsp3) is 0.588. The number of carbonyl (C=O) groups excluding carboxylic acids is 1. The maximum atomic E-state index is 12.3. The van der Waals surface area contributed by atoms with E-state index in [9.17, 15) is 4.79 Å². The topological polar surface area (TPSA) is 73.6 Å². The lowest BCUT2D eigenvalue weighted by molar-refractivity contribution is -0.127. The second kappa shape index (κ2) is 8.99. The molecule has 1 aromatic carbocycles. The van der Waals surface area contributed by atoms with E-state index in [1.54, 1.807) is 7.11 Å². The smallest absolute Gasteiger partial charge is 0.240 e. The number of nitrogens with one attached hydrogen (secondary N) is 1. The lowest BCUT2D eigenvalue weighted by Gasteiger charge is -2.31. The van der Waals surface area contributed by atoms with Crippen LogP contribution in [0, 0.1) is 0 Å². The molecule has 5 nitrogen and oxygen atoms in total. The number of halogens is 1. The zero-order valence-corrected chi connectivity index (χ0v) is 14.7. The van der Waals surface area contributed by atoms with Gasteiger partial charge < -0.3 is 20.5 Å². The molecule has 130 valence electrons. The Labute approximate surface area is 144 Å². The fourth-order valence-electron chi connectivity index (χ4n) is 2.86. The van der Waals surface area contributed by atoms with Crippen molar-refractivity contribution < 1.29 is 14.3 Å². The Kier molecular flexibility index (Phi) is 7.65. The van der Waals surface area contributed by atoms with Crippen LogP contribution in [0.5, 0.6) is 11.5 Å². The maximum absolute atomic E-state index is 12.3. The van der Waals surface area contributed by atoms with Crippen molar-refractivity contribution in [3.05, 3.63) is 23.8 Å². The van der Waals surface area contributed by atoms with Gasteiger partial charge in [-0.15, -0.1) is 12.4 Å². The highest BCUT2D eigenvalue weighted by atomic mass is 35.5. The van der Waals surface area contributed by atoms with Crippen LogP contribution in [0.4, 0.5) is 0 Å². The molecule has 0 aliphatic heterocycles. The first-order chi connectivity index (χ1) is 10.6. The Bertz CT molecular complexity index is 517. The number of benzene rings is 1. The minimum Gasteiger partial charge on any atom is -0.493 e. The number of ether oxygens (including phenoxy) is 2. The predicted octanol–water partition coefficient (Wildman–Crippen LogP) is 2.79. The highest BCUT2D eigenvalue weighted by Crippen LogP contribution is 2.29. The normalized spacial score (nSPS) is 16.1. The van der Waals surface area contributed by atoms with Gasteiger partial charge in [0, 0.05) is 6.54 Å². The van der Waals surface area contributed by atoms with Crippen molar-refractivity contribution in [1.29, 1.82) is 0 Å². The van der Waals surface area contributed by atoms with Crippen LogP contribution in [0.15, 0.2) is 18.2 Å². The van der Waals surface area contributed by atoms with Crippen LogP contribution >= 0.6 is 12.4 Å². The van der Waals surface area contributed by atoms with Crippen molar-refractivity contribution >= 4 is 18.3 Å². The third kappa shape index (κ3) is 5.01. The maximum Gasteiger partial charge on any atom is 0.240 e. The molecule has 0 saturated heterocycles. The molecule has 1 amide bonds. The summed E-state index contributed by atoms with van der Waals surface area (Å²) in [7, 11) is 1.61. The van der Waals surface area contributed by atoms with Crippen LogP contribution in [-0.2, 0) is 11.3 Å². The summed E-state index contributed by atoms with van der Waals surface area (Å²) in [5.41, 5.74) is 6.49. The first-order valence-electron chi connectivity index (χ1n) is 7.96. The Morgan fingerprint density at radius 1 is 1.26 bits per heavy atom. The fourth-order valence-corrected chi connectivity index (χ4v) is 2.86. The number of amides is 1. The largest absolute Gasteiger partial charge is 0.493 e. The summed E-state index contributed by atoms with van der Waals surface area (Å²) < 4.78 is 10.8. The van der Waals surface area contributed by atoms with E-state index in [1.165, 1.54) is 6.42 Å². The Balaban J connectivity index is 0.00000264. The Hall–Kier alpha value is -1.46. The van der Waals surface area contributed by atoms with E-state index in [4.69, 9.17) is 15.2 Å².